The Morgan fingerprint density at radius 3 is 2.48 bits per heavy atom. The van der Waals surface area contributed by atoms with Crippen LogP contribution < -0.4 is 21.7 Å². The molecule has 7 nitrogen and oxygen atoms in total. The van der Waals surface area contributed by atoms with E-state index < -0.39 is 5.54 Å². The molecule has 1 fully saturated rings. The van der Waals surface area contributed by atoms with Crippen molar-refractivity contribution in [3.8, 4) is 0 Å². The standard InChI is InChI=1S/C22H29N5O2.2ClH/c1-22(23)10-3-2-7-19(22)20(28)25-15-17-5-4-6-18(13-17)27-21(29)26-14-16-8-11-24-12-9-16;;/h4-6,8-9,11-13,19H,2-3,7,10,14-15,23H2,1H3,(H,25,28)(H2,26,27,29);2*1H. The fourth-order valence-corrected chi connectivity index (χ4v) is 3.72. The molecular formula is C22H31Cl2N5O2. The van der Waals surface area contributed by atoms with Gasteiger partial charge in [-0.05, 0) is 55.2 Å². The van der Waals surface area contributed by atoms with Crippen molar-refractivity contribution >= 4 is 42.4 Å². The topological polar surface area (TPSA) is 109 Å². The molecule has 3 rings (SSSR count). The molecule has 0 spiro atoms. The van der Waals surface area contributed by atoms with Crippen molar-refractivity contribution in [2.75, 3.05) is 5.32 Å². The van der Waals surface area contributed by atoms with Gasteiger partial charge in [-0.2, -0.15) is 0 Å². The van der Waals surface area contributed by atoms with Gasteiger partial charge < -0.3 is 21.7 Å². The maximum atomic E-state index is 12.6. The Morgan fingerprint density at radius 2 is 1.77 bits per heavy atom. The molecule has 0 aliphatic heterocycles. The lowest BCUT2D eigenvalue weighted by Crippen LogP contribution is -2.52. The van der Waals surface area contributed by atoms with Crippen LogP contribution in [0.4, 0.5) is 10.5 Å². The number of aromatic nitrogens is 1. The summed E-state index contributed by atoms with van der Waals surface area (Å²) in [5.74, 6) is -0.153. The van der Waals surface area contributed by atoms with Crippen molar-refractivity contribution in [2.45, 2.75) is 51.2 Å². The molecule has 0 saturated heterocycles. The van der Waals surface area contributed by atoms with Gasteiger partial charge in [0, 0.05) is 36.7 Å². The minimum atomic E-state index is -0.446. The zero-order valence-corrected chi connectivity index (χ0v) is 19.2. The smallest absolute Gasteiger partial charge is 0.319 e. The van der Waals surface area contributed by atoms with Gasteiger partial charge in [0.2, 0.25) is 5.91 Å². The number of urea groups is 1. The number of halogens is 2. The predicted octanol–water partition coefficient (Wildman–Crippen LogP) is 3.77. The van der Waals surface area contributed by atoms with Gasteiger partial charge in [0.15, 0.2) is 0 Å². The highest BCUT2D eigenvalue weighted by Crippen LogP contribution is 2.31. The van der Waals surface area contributed by atoms with Gasteiger partial charge in [0.05, 0.1) is 5.92 Å². The van der Waals surface area contributed by atoms with Gasteiger partial charge in [0.1, 0.15) is 0 Å². The van der Waals surface area contributed by atoms with Crippen LogP contribution in [0.2, 0.25) is 0 Å². The van der Waals surface area contributed by atoms with Gasteiger partial charge in [-0.15, -0.1) is 24.8 Å². The number of anilines is 1. The molecule has 1 heterocycles. The third kappa shape index (κ3) is 8.01. The molecule has 1 aromatic heterocycles. The number of benzene rings is 1. The van der Waals surface area contributed by atoms with Crippen LogP contribution in [0.1, 0.15) is 43.7 Å². The monoisotopic (exact) mass is 467 g/mol. The van der Waals surface area contributed by atoms with E-state index in [-0.39, 0.29) is 42.7 Å². The van der Waals surface area contributed by atoms with Crippen LogP contribution in [0.3, 0.4) is 0 Å². The molecular weight excluding hydrogens is 437 g/mol. The average molecular weight is 468 g/mol. The zero-order chi connectivity index (χ0) is 20.7. The summed E-state index contributed by atoms with van der Waals surface area (Å²) in [4.78, 5) is 28.7. The minimum absolute atomic E-state index is 0. The van der Waals surface area contributed by atoms with Crippen LogP contribution >= 0.6 is 24.8 Å². The second kappa shape index (κ2) is 12.5. The van der Waals surface area contributed by atoms with E-state index in [0.717, 1.165) is 36.8 Å². The van der Waals surface area contributed by atoms with Gasteiger partial charge in [-0.25, -0.2) is 4.79 Å². The summed E-state index contributed by atoms with van der Waals surface area (Å²) < 4.78 is 0. The molecule has 0 radical (unpaired) electrons. The highest BCUT2D eigenvalue weighted by molar-refractivity contribution is 5.89. The fourth-order valence-electron chi connectivity index (χ4n) is 3.72. The van der Waals surface area contributed by atoms with Crippen LogP contribution in [0.15, 0.2) is 48.8 Å². The molecule has 1 aromatic carbocycles. The molecule has 1 aliphatic carbocycles. The number of pyridine rings is 1. The Morgan fingerprint density at radius 1 is 1.06 bits per heavy atom. The van der Waals surface area contributed by atoms with Crippen molar-refractivity contribution in [3.63, 3.8) is 0 Å². The summed E-state index contributed by atoms with van der Waals surface area (Å²) in [5, 5.41) is 8.62. The first-order chi connectivity index (χ1) is 13.9. The number of rotatable bonds is 6. The van der Waals surface area contributed by atoms with E-state index >= 15 is 0 Å². The predicted molar refractivity (Wildman–Crippen MR) is 127 cm³/mol. The summed E-state index contributed by atoms with van der Waals surface area (Å²) in [5.41, 5.74) is 8.44. The lowest BCUT2D eigenvalue weighted by atomic mass is 9.74. The summed E-state index contributed by atoms with van der Waals surface area (Å²) in [6.07, 6.45) is 7.20. The number of carbonyl (C=O) groups is 2. The molecule has 0 bridgehead atoms. The van der Waals surface area contributed by atoms with Crippen molar-refractivity contribution < 1.29 is 9.59 Å². The van der Waals surface area contributed by atoms with Crippen LogP contribution in [-0.4, -0.2) is 22.5 Å². The second-order valence-electron chi connectivity index (χ2n) is 7.89. The molecule has 3 amide bonds. The quantitative estimate of drug-likeness (QED) is 0.518. The highest BCUT2D eigenvalue weighted by Gasteiger charge is 2.37. The minimum Gasteiger partial charge on any atom is -0.352 e. The summed E-state index contributed by atoms with van der Waals surface area (Å²) in [6.45, 7) is 2.79. The Hall–Kier alpha value is -2.35. The number of amides is 3. The van der Waals surface area contributed by atoms with Crippen molar-refractivity contribution in [3.05, 3.63) is 59.9 Å². The molecule has 2 unspecified atom stereocenters. The largest absolute Gasteiger partial charge is 0.352 e. The summed E-state index contributed by atoms with van der Waals surface area (Å²) >= 11 is 0. The van der Waals surface area contributed by atoms with Crippen LogP contribution in [0.25, 0.3) is 0 Å². The number of hydrogen-bond donors (Lipinski definition) is 4. The van der Waals surface area contributed by atoms with Crippen molar-refractivity contribution in [1.29, 1.82) is 0 Å². The van der Waals surface area contributed by atoms with Gasteiger partial charge in [0.25, 0.3) is 0 Å². The number of hydrogen-bond acceptors (Lipinski definition) is 4. The maximum absolute atomic E-state index is 12.6. The summed E-state index contributed by atoms with van der Waals surface area (Å²) in [6, 6.07) is 10.9. The summed E-state index contributed by atoms with van der Waals surface area (Å²) in [7, 11) is 0. The first-order valence-electron chi connectivity index (χ1n) is 10.0. The Bertz CT molecular complexity index is 849. The number of nitrogens with two attached hydrogens (primary N) is 1. The molecule has 170 valence electrons. The lowest BCUT2D eigenvalue weighted by Gasteiger charge is -2.37. The van der Waals surface area contributed by atoms with E-state index in [4.69, 9.17) is 5.73 Å². The third-order valence-electron chi connectivity index (χ3n) is 5.42. The van der Waals surface area contributed by atoms with E-state index in [1.165, 1.54) is 0 Å². The molecule has 2 aromatic rings. The average Bonchev–Trinajstić information content (AvgIpc) is 2.71. The molecule has 9 heteroatoms. The molecule has 5 N–H and O–H groups in total. The number of nitrogens with one attached hydrogen (secondary N) is 3. The Labute approximate surface area is 195 Å². The normalized spacial score (nSPS) is 19.9. The van der Waals surface area contributed by atoms with E-state index in [1.807, 2.05) is 43.3 Å². The van der Waals surface area contributed by atoms with Crippen LogP contribution in [-0.2, 0) is 17.9 Å². The van der Waals surface area contributed by atoms with E-state index in [0.29, 0.717) is 18.8 Å². The lowest BCUT2D eigenvalue weighted by molar-refractivity contribution is -0.128. The maximum Gasteiger partial charge on any atom is 0.319 e. The SMILES string of the molecule is CC1(N)CCCCC1C(=O)NCc1cccc(NC(=O)NCc2ccncc2)c1.Cl.Cl. The number of carbonyl (C=O) groups excluding carboxylic acids is 2. The molecule has 1 aliphatic rings. The third-order valence-corrected chi connectivity index (χ3v) is 5.42. The molecule has 1 saturated carbocycles. The fraction of sp³-hybridized carbons (Fsp3) is 0.409. The van der Waals surface area contributed by atoms with Crippen LogP contribution in [0.5, 0.6) is 0 Å². The van der Waals surface area contributed by atoms with Crippen molar-refractivity contribution in [1.82, 2.24) is 15.6 Å². The van der Waals surface area contributed by atoms with Gasteiger partial charge in [-0.3, -0.25) is 9.78 Å². The molecule has 2 atom stereocenters. The van der Waals surface area contributed by atoms with Gasteiger partial charge in [-0.1, -0.05) is 25.0 Å². The Balaban J connectivity index is 0.00000240. The van der Waals surface area contributed by atoms with Crippen LogP contribution in [0, 0.1) is 5.92 Å². The second-order valence-corrected chi connectivity index (χ2v) is 7.89. The first-order valence-corrected chi connectivity index (χ1v) is 10.0. The van der Waals surface area contributed by atoms with Gasteiger partial charge >= 0.3 is 6.03 Å². The van der Waals surface area contributed by atoms with Crippen molar-refractivity contribution in [2.24, 2.45) is 11.7 Å². The van der Waals surface area contributed by atoms with E-state index in [2.05, 4.69) is 20.9 Å². The highest BCUT2D eigenvalue weighted by atomic mass is 35.5. The molecule has 31 heavy (non-hydrogen) atoms. The van der Waals surface area contributed by atoms with E-state index in [9.17, 15) is 9.59 Å². The first kappa shape index (κ1) is 26.7. The zero-order valence-electron chi connectivity index (χ0n) is 17.6. The number of nitrogens with zero attached hydrogens (tertiary/aromatic N) is 1. The van der Waals surface area contributed by atoms with E-state index in [1.54, 1.807) is 12.4 Å². The Kier molecular flexibility index (Phi) is 10.8.